The number of methoxy groups -OCH3 is 1. The van der Waals surface area contributed by atoms with Gasteiger partial charge in [-0.25, -0.2) is 8.42 Å². The van der Waals surface area contributed by atoms with Crippen molar-refractivity contribution in [1.82, 2.24) is 10.2 Å². The lowest BCUT2D eigenvalue weighted by Crippen LogP contribution is -2.51. The maximum atomic E-state index is 14.0. The molecule has 0 radical (unpaired) electrons. The molecule has 3 aromatic rings. The third kappa shape index (κ3) is 7.52. The Morgan fingerprint density at radius 1 is 0.923 bits per heavy atom. The number of amides is 2. The van der Waals surface area contributed by atoms with Crippen molar-refractivity contribution in [3.63, 3.8) is 0 Å². The van der Waals surface area contributed by atoms with Gasteiger partial charge in [0.15, 0.2) is 0 Å². The van der Waals surface area contributed by atoms with Gasteiger partial charge in [-0.05, 0) is 48.7 Å². The molecule has 208 valence electrons. The van der Waals surface area contributed by atoms with E-state index in [-0.39, 0.29) is 34.7 Å². The van der Waals surface area contributed by atoms with Crippen LogP contribution in [-0.2, 0) is 26.2 Å². The van der Waals surface area contributed by atoms with Crippen molar-refractivity contribution in [3.05, 3.63) is 89.4 Å². The van der Waals surface area contributed by atoms with Crippen LogP contribution in [0.3, 0.4) is 0 Å². The highest BCUT2D eigenvalue weighted by atomic mass is 35.5. The summed E-state index contributed by atoms with van der Waals surface area (Å²) in [6, 6.07) is 20.6. The first-order valence-electron chi connectivity index (χ1n) is 12.6. The average molecular weight is 572 g/mol. The Morgan fingerprint density at radius 3 is 2.18 bits per heavy atom. The fourth-order valence-electron chi connectivity index (χ4n) is 3.91. The minimum absolute atomic E-state index is 0.0138. The minimum atomic E-state index is -4.18. The second kappa shape index (κ2) is 13.5. The molecule has 0 aliphatic carbocycles. The van der Waals surface area contributed by atoms with Gasteiger partial charge in [-0.2, -0.15) is 0 Å². The first kappa shape index (κ1) is 30.0. The van der Waals surface area contributed by atoms with Crippen molar-refractivity contribution in [2.45, 2.75) is 38.3 Å². The second-order valence-corrected chi connectivity index (χ2v) is 11.7. The summed E-state index contributed by atoms with van der Waals surface area (Å²) in [5.74, 6) is -0.428. The molecule has 0 fully saturated rings. The second-order valence-electron chi connectivity index (χ2n) is 9.42. The SMILES string of the molecule is COc1ccccc1N(CC(=O)N(Cc1ccccc1Cl)[C@H](C)C(=O)NCC(C)C)S(=O)(=O)c1ccccc1. The van der Waals surface area contributed by atoms with Gasteiger partial charge >= 0.3 is 0 Å². The van der Waals surface area contributed by atoms with Gasteiger partial charge in [0.2, 0.25) is 11.8 Å². The number of halogens is 1. The van der Waals surface area contributed by atoms with Crippen molar-refractivity contribution in [2.24, 2.45) is 5.92 Å². The zero-order valence-electron chi connectivity index (χ0n) is 22.5. The molecule has 1 atom stereocenters. The van der Waals surface area contributed by atoms with Crippen LogP contribution in [0.25, 0.3) is 0 Å². The average Bonchev–Trinajstić information content (AvgIpc) is 2.94. The minimum Gasteiger partial charge on any atom is -0.495 e. The molecule has 1 N–H and O–H groups in total. The number of benzene rings is 3. The molecule has 2 amide bonds. The van der Waals surface area contributed by atoms with E-state index < -0.39 is 28.5 Å². The Morgan fingerprint density at radius 2 is 1.54 bits per heavy atom. The number of hydrogen-bond acceptors (Lipinski definition) is 5. The summed E-state index contributed by atoms with van der Waals surface area (Å²) >= 11 is 6.39. The summed E-state index contributed by atoms with van der Waals surface area (Å²) in [6.07, 6.45) is 0. The van der Waals surface area contributed by atoms with E-state index in [2.05, 4.69) is 5.32 Å². The van der Waals surface area contributed by atoms with E-state index in [1.54, 1.807) is 73.7 Å². The van der Waals surface area contributed by atoms with Gasteiger partial charge in [0, 0.05) is 18.1 Å². The van der Waals surface area contributed by atoms with E-state index in [0.29, 0.717) is 17.1 Å². The lowest BCUT2D eigenvalue weighted by molar-refractivity contribution is -0.139. The molecule has 39 heavy (non-hydrogen) atoms. The summed E-state index contributed by atoms with van der Waals surface area (Å²) in [7, 11) is -2.76. The summed E-state index contributed by atoms with van der Waals surface area (Å²) in [5, 5.41) is 3.29. The van der Waals surface area contributed by atoms with Crippen LogP contribution < -0.4 is 14.4 Å². The van der Waals surface area contributed by atoms with Gasteiger partial charge in [-0.3, -0.25) is 13.9 Å². The Hall–Kier alpha value is -3.56. The zero-order chi connectivity index (χ0) is 28.6. The van der Waals surface area contributed by atoms with Crippen molar-refractivity contribution in [1.29, 1.82) is 0 Å². The summed E-state index contributed by atoms with van der Waals surface area (Å²) < 4.78 is 34.2. The third-order valence-electron chi connectivity index (χ3n) is 6.11. The Bertz CT molecular complexity index is 1380. The van der Waals surface area contributed by atoms with Crippen LogP contribution in [0.5, 0.6) is 5.75 Å². The number of nitrogens with one attached hydrogen (secondary N) is 1. The van der Waals surface area contributed by atoms with E-state index in [1.807, 2.05) is 13.8 Å². The number of carbonyl (C=O) groups is 2. The Labute approximate surface area is 235 Å². The molecule has 3 rings (SSSR count). The number of nitrogens with zero attached hydrogens (tertiary/aromatic N) is 2. The first-order chi connectivity index (χ1) is 18.6. The van der Waals surface area contributed by atoms with Crippen LogP contribution in [0.2, 0.25) is 5.02 Å². The Balaban J connectivity index is 2.05. The molecule has 0 spiro atoms. The van der Waals surface area contributed by atoms with Crippen molar-refractivity contribution in [2.75, 3.05) is 24.5 Å². The number of sulfonamides is 1. The van der Waals surface area contributed by atoms with Gasteiger partial charge in [-0.15, -0.1) is 0 Å². The molecule has 0 saturated heterocycles. The van der Waals surface area contributed by atoms with Crippen molar-refractivity contribution in [3.8, 4) is 5.75 Å². The lowest BCUT2D eigenvalue weighted by atomic mass is 10.1. The zero-order valence-corrected chi connectivity index (χ0v) is 24.1. The number of para-hydroxylation sites is 2. The fourth-order valence-corrected chi connectivity index (χ4v) is 5.56. The Kier molecular flexibility index (Phi) is 10.4. The van der Waals surface area contributed by atoms with Crippen LogP contribution >= 0.6 is 11.6 Å². The quantitative estimate of drug-likeness (QED) is 0.339. The van der Waals surface area contributed by atoms with Gasteiger partial charge in [-0.1, -0.05) is 74.0 Å². The van der Waals surface area contributed by atoms with Crippen LogP contribution in [0.4, 0.5) is 5.69 Å². The lowest BCUT2D eigenvalue weighted by Gasteiger charge is -2.32. The molecule has 3 aromatic carbocycles. The molecule has 0 aliphatic rings. The molecule has 0 saturated carbocycles. The van der Waals surface area contributed by atoms with Gasteiger partial charge < -0.3 is 15.0 Å². The van der Waals surface area contributed by atoms with Crippen LogP contribution in [0, 0.1) is 5.92 Å². The monoisotopic (exact) mass is 571 g/mol. The number of carbonyl (C=O) groups excluding carboxylic acids is 2. The molecule has 0 heterocycles. The van der Waals surface area contributed by atoms with E-state index >= 15 is 0 Å². The predicted octanol–water partition coefficient (Wildman–Crippen LogP) is 4.73. The topological polar surface area (TPSA) is 96.0 Å². The molecular formula is C29H34ClN3O5S. The molecule has 0 bridgehead atoms. The smallest absolute Gasteiger partial charge is 0.264 e. The van der Waals surface area contributed by atoms with E-state index in [1.165, 1.54) is 24.1 Å². The summed E-state index contributed by atoms with van der Waals surface area (Å²) in [5.41, 5.74) is 0.831. The van der Waals surface area contributed by atoms with Crippen LogP contribution in [0.15, 0.2) is 83.8 Å². The number of ether oxygens (including phenoxy) is 1. The van der Waals surface area contributed by atoms with Gasteiger partial charge in [0.1, 0.15) is 18.3 Å². The maximum Gasteiger partial charge on any atom is 0.264 e. The summed E-state index contributed by atoms with van der Waals surface area (Å²) in [4.78, 5) is 28.4. The largest absolute Gasteiger partial charge is 0.495 e. The molecule has 8 nitrogen and oxygen atoms in total. The highest BCUT2D eigenvalue weighted by Crippen LogP contribution is 2.32. The van der Waals surface area contributed by atoms with Crippen molar-refractivity contribution < 1.29 is 22.7 Å². The number of anilines is 1. The highest BCUT2D eigenvalue weighted by Gasteiger charge is 2.33. The number of hydrogen-bond donors (Lipinski definition) is 1. The van der Waals surface area contributed by atoms with E-state index in [9.17, 15) is 18.0 Å². The molecule has 10 heteroatoms. The molecule has 0 aromatic heterocycles. The maximum absolute atomic E-state index is 14.0. The first-order valence-corrected chi connectivity index (χ1v) is 14.4. The van der Waals surface area contributed by atoms with Crippen molar-refractivity contribution >= 4 is 39.1 Å². The van der Waals surface area contributed by atoms with Crippen LogP contribution in [0.1, 0.15) is 26.3 Å². The van der Waals surface area contributed by atoms with Gasteiger partial charge in [0.25, 0.3) is 10.0 Å². The fraction of sp³-hybridized carbons (Fsp3) is 0.310. The molecule has 0 aliphatic heterocycles. The van der Waals surface area contributed by atoms with E-state index in [4.69, 9.17) is 16.3 Å². The van der Waals surface area contributed by atoms with Gasteiger partial charge in [0.05, 0.1) is 17.7 Å². The predicted molar refractivity (Wildman–Crippen MR) is 153 cm³/mol. The molecule has 0 unspecified atom stereocenters. The molecular weight excluding hydrogens is 538 g/mol. The summed E-state index contributed by atoms with van der Waals surface area (Å²) in [6.45, 7) is 5.44. The van der Waals surface area contributed by atoms with Crippen LogP contribution in [-0.4, -0.2) is 51.4 Å². The highest BCUT2D eigenvalue weighted by molar-refractivity contribution is 7.92. The third-order valence-corrected chi connectivity index (χ3v) is 8.26. The van der Waals surface area contributed by atoms with E-state index in [0.717, 1.165) is 4.31 Å². The standard InChI is InChI=1S/C29H34ClN3O5S/c1-21(2)18-31-29(35)22(3)32(19-23-12-8-9-15-25(23)30)28(34)20-33(26-16-10-11-17-27(26)38-4)39(36,37)24-13-6-5-7-14-24/h5-17,21-22H,18-20H2,1-4H3,(H,31,35)/t22-/m1/s1. The normalized spacial score (nSPS) is 12.1. The number of rotatable bonds is 12.